The van der Waals surface area contributed by atoms with Crippen molar-refractivity contribution in [2.75, 3.05) is 18.6 Å². The van der Waals surface area contributed by atoms with Gasteiger partial charge >= 0.3 is 0 Å². The standard InChI is InChI=1S/C14H20ClNO2S/c1-19(17,18)7-3-6-16-14-9-12(10-14)11-4-2-5-13(15)8-11/h2,4-5,8,12,14,16H,3,6-7,9-10H2,1H3. The van der Waals surface area contributed by atoms with Gasteiger partial charge in [0.1, 0.15) is 9.84 Å². The van der Waals surface area contributed by atoms with Crippen molar-refractivity contribution in [3.8, 4) is 0 Å². The van der Waals surface area contributed by atoms with Gasteiger partial charge in [0.2, 0.25) is 0 Å². The van der Waals surface area contributed by atoms with E-state index in [-0.39, 0.29) is 5.75 Å². The van der Waals surface area contributed by atoms with E-state index in [4.69, 9.17) is 11.6 Å². The third-order valence-corrected chi connectivity index (χ3v) is 4.85. The fourth-order valence-electron chi connectivity index (χ4n) is 2.46. The lowest BCUT2D eigenvalue weighted by Crippen LogP contribution is -2.40. The summed E-state index contributed by atoms with van der Waals surface area (Å²) in [4.78, 5) is 0. The summed E-state index contributed by atoms with van der Waals surface area (Å²) >= 11 is 5.98. The first-order chi connectivity index (χ1) is 8.94. The van der Waals surface area contributed by atoms with Gasteiger partial charge in [-0.25, -0.2) is 8.42 Å². The van der Waals surface area contributed by atoms with Gasteiger partial charge < -0.3 is 5.32 Å². The number of hydrogen-bond donors (Lipinski definition) is 1. The molecule has 0 aliphatic heterocycles. The highest BCUT2D eigenvalue weighted by atomic mass is 35.5. The van der Waals surface area contributed by atoms with E-state index in [0.717, 1.165) is 24.4 Å². The molecule has 2 rings (SSSR count). The molecule has 0 aromatic heterocycles. The minimum atomic E-state index is -2.82. The molecule has 3 nitrogen and oxygen atoms in total. The fraction of sp³-hybridized carbons (Fsp3) is 0.571. The van der Waals surface area contributed by atoms with E-state index in [2.05, 4.69) is 11.4 Å². The summed E-state index contributed by atoms with van der Waals surface area (Å²) in [7, 11) is -2.82. The van der Waals surface area contributed by atoms with Crippen LogP contribution in [0.25, 0.3) is 0 Å². The first-order valence-electron chi connectivity index (χ1n) is 6.60. The van der Waals surface area contributed by atoms with Crippen LogP contribution in [0.15, 0.2) is 24.3 Å². The van der Waals surface area contributed by atoms with E-state index in [1.807, 2.05) is 18.2 Å². The van der Waals surface area contributed by atoms with Crippen LogP contribution in [0.1, 0.15) is 30.7 Å². The maximum atomic E-state index is 11.0. The molecule has 1 aliphatic carbocycles. The molecular weight excluding hydrogens is 282 g/mol. The number of nitrogens with one attached hydrogen (secondary N) is 1. The molecule has 1 aliphatic rings. The maximum absolute atomic E-state index is 11.0. The SMILES string of the molecule is CS(=O)(=O)CCCNC1CC(c2cccc(Cl)c2)C1. The summed E-state index contributed by atoms with van der Waals surface area (Å²) < 4.78 is 22.0. The Balaban J connectivity index is 1.67. The molecule has 0 heterocycles. The third kappa shape index (κ3) is 4.79. The number of hydrogen-bond acceptors (Lipinski definition) is 3. The molecule has 106 valence electrons. The van der Waals surface area contributed by atoms with Crippen LogP contribution >= 0.6 is 11.6 Å². The molecule has 0 bridgehead atoms. The smallest absolute Gasteiger partial charge is 0.147 e. The largest absolute Gasteiger partial charge is 0.314 e. The van der Waals surface area contributed by atoms with E-state index in [1.54, 1.807) is 0 Å². The predicted octanol–water partition coefficient (Wildman–Crippen LogP) is 2.61. The molecule has 1 aromatic rings. The van der Waals surface area contributed by atoms with Crippen LogP contribution in [0.2, 0.25) is 5.02 Å². The van der Waals surface area contributed by atoms with Crippen molar-refractivity contribution < 1.29 is 8.42 Å². The molecule has 19 heavy (non-hydrogen) atoms. The Morgan fingerprint density at radius 3 is 2.74 bits per heavy atom. The average molecular weight is 302 g/mol. The Morgan fingerprint density at radius 2 is 2.11 bits per heavy atom. The molecule has 0 unspecified atom stereocenters. The molecule has 0 atom stereocenters. The predicted molar refractivity (Wildman–Crippen MR) is 79.5 cm³/mol. The molecule has 0 spiro atoms. The van der Waals surface area contributed by atoms with Gasteiger partial charge in [0.25, 0.3) is 0 Å². The van der Waals surface area contributed by atoms with Crippen molar-refractivity contribution in [2.24, 2.45) is 0 Å². The van der Waals surface area contributed by atoms with Crippen LogP contribution < -0.4 is 5.32 Å². The van der Waals surface area contributed by atoms with Crippen molar-refractivity contribution in [3.05, 3.63) is 34.9 Å². The number of halogens is 1. The van der Waals surface area contributed by atoms with Crippen LogP contribution in [-0.4, -0.2) is 33.0 Å². The van der Waals surface area contributed by atoms with Gasteiger partial charge in [-0.3, -0.25) is 0 Å². The molecule has 0 amide bonds. The summed E-state index contributed by atoms with van der Waals surface area (Å²) in [6, 6.07) is 8.56. The normalized spacial score (nSPS) is 23.1. The third-order valence-electron chi connectivity index (χ3n) is 3.58. The Labute approximate surface area is 120 Å². The highest BCUT2D eigenvalue weighted by Crippen LogP contribution is 2.37. The summed E-state index contributed by atoms with van der Waals surface area (Å²) in [6.07, 6.45) is 4.20. The molecule has 5 heteroatoms. The minimum Gasteiger partial charge on any atom is -0.314 e. The van der Waals surface area contributed by atoms with Crippen molar-refractivity contribution in [2.45, 2.75) is 31.2 Å². The highest BCUT2D eigenvalue weighted by Gasteiger charge is 2.29. The Hall–Kier alpha value is -0.580. The van der Waals surface area contributed by atoms with Gasteiger partial charge in [-0.2, -0.15) is 0 Å². The van der Waals surface area contributed by atoms with Gasteiger partial charge in [-0.05, 0) is 49.4 Å². The second-order valence-corrected chi connectivity index (χ2v) is 8.05. The monoisotopic (exact) mass is 301 g/mol. The zero-order chi connectivity index (χ0) is 13.9. The quantitative estimate of drug-likeness (QED) is 0.822. The first kappa shape index (κ1) is 14.8. The molecular formula is C14H20ClNO2S. The Morgan fingerprint density at radius 1 is 1.37 bits per heavy atom. The Bertz CT molecular complexity index is 524. The highest BCUT2D eigenvalue weighted by molar-refractivity contribution is 7.90. The van der Waals surface area contributed by atoms with Gasteiger partial charge in [-0.1, -0.05) is 23.7 Å². The van der Waals surface area contributed by atoms with Gasteiger partial charge in [0, 0.05) is 17.3 Å². The van der Waals surface area contributed by atoms with Crippen LogP contribution in [0.5, 0.6) is 0 Å². The van der Waals surface area contributed by atoms with E-state index in [0.29, 0.717) is 18.4 Å². The zero-order valence-electron chi connectivity index (χ0n) is 11.1. The van der Waals surface area contributed by atoms with E-state index < -0.39 is 9.84 Å². The van der Waals surface area contributed by atoms with Crippen molar-refractivity contribution in [1.29, 1.82) is 0 Å². The molecule has 0 saturated heterocycles. The zero-order valence-corrected chi connectivity index (χ0v) is 12.7. The second kappa shape index (κ2) is 6.25. The van der Waals surface area contributed by atoms with Crippen LogP contribution in [0.3, 0.4) is 0 Å². The van der Waals surface area contributed by atoms with Crippen molar-refractivity contribution in [3.63, 3.8) is 0 Å². The number of rotatable bonds is 6. The second-order valence-electron chi connectivity index (χ2n) is 5.36. The fourth-order valence-corrected chi connectivity index (χ4v) is 3.33. The van der Waals surface area contributed by atoms with Crippen molar-refractivity contribution >= 4 is 21.4 Å². The first-order valence-corrected chi connectivity index (χ1v) is 9.04. The van der Waals surface area contributed by atoms with E-state index in [1.165, 1.54) is 11.8 Å². The minimum absolute atomic E-state index is 0.268. The Kier molecular flexibility index (Phi) is 4.87. The topological polar surface area (TPSA) is 46.2 Å². The number of sulfone groups is 1. The van der Waals surface area contributed by atoms with Gasteiger partial charge in [0.05, 0.1) is 5.75 Å². The van der Waals surface area contributed by atoms with Gasteiger partial charge in [-0.15, -0.1) is 0 Å². The summed E-state index contributed by atoms with van der Waals surface area (Å²) in [5.74, 6) is 0.857. The lowest BCUT2D eigenvalue weighted by atomic mass is 9.76. The molecule has 1 aromatic carbocycles. The van der Waals surface area contributed by atoms with E-state index >= 15 is 0 Å². The van der Waals surface area contributed by atoms with Crippen LogP contribution in [-0.2, 0) is 9.84 Å². The molecule has 1 N–H and O–H groups in total. The lowest BCUT2D eigenvalue weighted by molar-refractivity contribution is 0.292. The van der Waals surface area contributed by atoms with Gasteiger partial charge in [0.15, 0.2) is 0 Å². The summed E-state index contributed by atoms with van der Waals surface area (Å²) in [6.45, 7) is 0.778. The summed E-state index contributed by atoms with van der Waals surface area (Å²) in [5, 5.41) is 4.20. The summed E-state index contributed by atoms with van der Waals surface area (Å²) in [5.41, 5.74) is 1.31. The van der Waals surface area contributed by atoms with E-state index in [9.17, 15) is 8.42 Å². The van der Waals surface area contributed by atoms with Crippen LogP contribution in [0, 0.1) is 0 Å². The van der Waals surface area contributed by atoms with Crippen LogP contribution in [0.4, 0.5) is 0 Å². The number of benzene rings is 1. The maximum Gasteiger partial charge on any atom is 0.147 e. The lowest BCUT2D eigenvalue weighted by Gasteiger charge is -2.36. The molecule has 1 fully saturated rings. The average Bonchev–Trinajstić information content (AvgIpc) is 2.24. The van der Waals surface area contributed by atoms with Crippen molar-refractivity contribution in [1.82, 2.24) is 5.32 Å². The molecule has 0 radical (unpaired) electrons. The molecule has 1 saturated carbocycles.